The summed E-state index contributed by atoms with van der Waals surface area (Å²) in [4.78, 5) is 17.8. The number of aromatic nitrogens is 2. The van der Waals surface area contributed by atoms with Crippen molar-refractivity contribution >= 4 is 5.97 Å². The quantitative estimate of drug-likeness (QED) is 0.941. The van der Waals surface area contributed by atoms with Gasteiger partial charge in [-0.2, -0.15) is 18.2 Å². The van der Waals surface area contributed by atoms with E-state index in [1.807, 2.05) is 0 Å². The molecule has 0 aliphatic carbocycles. The molecule has 110 valence electrons. The zero-order valence-electron chi connectivity index (χ0n) is 10.7. The van der Waals surface area contributed by atoms with Gasteiger partial charge in [-0.25, -0.2) is 9.78 Å². The Morgan fingerprint density at radius 3 is 2.62 bits per heavy atom. The highest BCUT2D eigenvalue weighted by Gasteiger charge is 2.33. The van der Waals surface area contributed by atoms with Crippen LogP contribution in [0.5, 0.6) is 11.8 Å². The molecule has 0 aliphatic rings. The molecule has 2 rings (SSSR count). The molecule has 1 aromatic heterocycles. The molecule has 0 saturated heterocycles. The van der Waals surface area contributed by atoms with Crippen LogP contribution in [0.25, 0.3) is 0 Å². The van der Waals surface area contributed by atoms with Gasteiger partial charge in [0.15, 0.2) is 5.69 Å². The molecule has 0 atom stereocenters. The van der Waals surface area contributed by atoms with Crippen LogP contribution in [0.3, 0.4) is 0 Å². The summed E-state index contributed by atoms with van der Waals surface area (Å²) in [6.07, 6.45) is -3.69. The lowest BCUT2D eigenvalue weighted by molar-refractivity contribution is -0.141. The highest BCUT2D eigenvalue weighted by molar-refractivity contribution is 5.90. The lowest BCUT2D eigenvalue weighted by Gasteiger charge is -2.10. The van der Waals surface area contributed by atoms with Gasteiger partial charge < -0.3 is 9.84 Å². The van der Waals surface area contributed by atoms with E-state index in [0.29, 0.717) is 6.07 Å². The molecule has 21 heavy (non-hydrogen) atoms. The molecule has 0 bridgehead atoms. The molecular weight excluding hydrogens is 289 g/mol. The first-order chi connectivity index (χ1) is 9.79. The summed E-state index contributed by atoms with van der Waals surface area (Å²) in [5.74, 6) is -1.09. The maximum atomic E-state index is 12.5. The summed E-state index contributed by atoms with van der Waals surface area (Å²) in [7, 11) is 0. The minimum atomic E-state index is -4.61. The van der Waals surface area contributed by atoms with Gasteiger partial charge in [0.2, 0.25) is 0 Å². The monoisotopic (exact) mass is 298 g/mol. The Balaban J connectivity index is 2.35. The van der Waals surface area contributed by atoms with Gasteiger partial charge in [0.05, 0.1) is 5.56 Å². The van der Waals surface area contributed by atoms with Crippen molar-refractivity contribution in [1.29, 1.82) is 0 Å². The SMILES string of the molecule is Cc1c(Oc2nccc(C(F)(F)F)n2)cccc1C(=O)O. The first kappa shape index (κ1) is 14.8. The standard InChI is InChI=1S/C13H9F3N2O3/c1-7-8(11(19)20)3-2-4-9(7)21-12-17-6-5-10(18-12)13(14,15)16/h2-6H,1H3,(H,19,20). The Kier molecular flexibility index (Phi) is 3.79. The largest absolute Gasteiger partial charge is 0.478 e. The van der Waals surface area contributed by atoms with Gasteiger partial charge in [-0.1, -0.05) is 6.07 Å². The molecule has 0 unspecified atom stereocenters. The van der Waals surface area contributed by atoms with E-state index >= 15 is 0 Å². The predicted octanol–water partition coefficient (Wildman–Crippen LogP) is 3.29. The van der Waals surface area contributed by atoms with Crippen molar-refractivity contribution in [3.05, 3.63) is 47.3 Å². The van der Waals surface area contributed by atoms with Crippen LogP contribution in [0.1, 0.15) is 21.6 Å². The Hall–Kier alpha value is -2.64. The number of carboxylic acids is 1. The molecule has 2 aromatic rings. The first-order valence-corrected chi connectivity index (χ1v) is 5.70. The molecule has 1 aromatic carbocycles. The summed E-state index contributed by atoms with van der Waals surface area (Å²) in [5, 5.41) is 8.97. The van der Waals surface area contributed by atoms with Crippen LogP contribution in [0.15, 0.2) is 30.5 Å². The lowest BCUT2D eigenvalue weighted by Crippen LogP contribution is -2.09. The number of hydrogen-bond acceptors (Lipinski definition) is 4. The van der Waals surface area contributed by atoms with Gasteiger partial charge in [0.1, 0.15) is 5.75 Å². The normalized spacial score (nSPS) is 11.2. The number of alkyl halides is 3. The van der Waals surface area contributed by atoms with Crippen molar-refractivity contribution in [3.8, 4) is 11.8 Å². The van der Waals surface area contributed by atoms with Gasteiger partial charge in [-0.05, 0) is 25.1 Å². The van der Waals surface area contributed by atoms with Crippen molar-refractivity contribution in [1.82, 2.24) is 9.97 Å². The van der Waals surface area contributed by atoms with E-state index in [2.05, 4.69) is 9.97 Å². The number of carboxylic acid groups (broad SMARTS) is 1. The minimum absolute atomic E-state index is 0.0144. The van der Waals surface area contributed by atoms with E-state index in [1.54, 1.807) is 0 Å². The van der Waals surface area contributed by atoms with E-state index < -0.39 is 23.8 Å². The molecule has 0 fully saturated rings. The number of halogens is 3. The molecule has 0 saturated carbocycles. The summed E-state index contributed by atoms with van der Waals surface area (Å²) in [5.41, 5.74) is -0.884. The third-order valence-electron chi connectivity index (χ3n) is 2.64. The number of aromatic carboxylic acids is 1. The van der Waals surface area contributed by atoms with Crippen LogP contribution in [-0.4, -0.2) is 21.0 Å². The van der Waals surface area contributed by atoms with Crippen LogP contribution < -0.4 is 4.74 Å². The zero-order valence-corrected chi connectivity index (χ0v) is 10.7. The lowest BCUT2D eigenvalue weighted by atomic mass is 10.1. The van der Waals surface area contributed by atoms with Gasteiger partial charge in [0.25, 0.3) is 0 Å². The predicted molar refractivity (Wildman–Crippen MR) is 65.2 cm³/mol. The molecule has 1 N–H and O–H groups in total. The van der Waals surface area contributed by atoms with E-state index in [-0.39, 0.29) is 16.9 Å². The van der Waals surface area contributed by atoms with Crippen LogP contribution in [-0.2, 0) is 6.18 Å². The highest BCUT2D eigenvalue weighted by atomic mass is 19.4. The fourth-order valence-electron chi connectivity index (χ4n) is 1.60. The van der Waals surface area contributed by atoms with Gasteiger partial charge in [-0.3, -0.25) is 0 Å². The fourth-order valence-corrected chi connectivity index (χ4v) is 1.60. The van der Waals surface area contributed by atoms with Gasteiger partial charge >= 0.3 is 18.2 Å². The summed E-state index contributed by atoms with van der Waals surface area (Å²) < 4.78 is 42.7. The number of benzene rings is 1. The number of hydrogen-bond donors (Lipinski definition) is 1. The molecular formula is C13H9F3N2O3. The topological polar surface area (TPSA) is 72.3 Å². The van der Waals surface area contributed by atoms with Gasteiger partial charge in [-0.15, -0.1) is 0 Å². The second kappa shape index (κ2) is 5.39. The van der Waals surface area contributed by atoms with Crippen molar-refractivity contribution in [2.24, 2.45) is 0 Å². The zero-order chi connectivity index (χ0) is 15.6. The fraction of sp³-hybridized carbons (Fsp3) is 0.154. The van der Waals surface area contributed by atoms with Crippen LogP contribution in [0.4, 0.5) is 13.2 Å². The average Bonchev–Trinajstić information content (AvgIpc) is 2.40. The van der Waals surface area contributed by atoms with Crippen LogP contribution in [0, 0.1) is 6.92 Å². The van der Waals surface area contributed by atoms with E-state index in [0.717, 1.165) is 6.20 Å². The smallest absolute Gasteiger partial charge is 0.433 e. The number of carbonyl (C=O) groups is 1. The van der Waals surface area contributed by atoms with Crippen molar-refractivity contribution < 1.29 is 27.8 Å². The Labute approximate surface area is 117 Å². The number of nitrogens with zero attached hydrogens (tertiary/aromatic N) is 2. The van der Waals surface area contributed by atoms with Crippen molar-refractivity contribution in [2.75, 3.05) is 0 Å². The first-order valence-electron chi connectivity index (χ1n) is 5.70. The average molecular weight is 298 g/mol. The third-order valence-corrected chi connectivity index (χ3v) is 2.64. The van der Waals surface area contributed by atoms with Crippen LogP contribution >= 0.6 is 0 Å². The number of ether oxygens (including phenoxy) is 1. The van der Waals surface area contributed by atoms with Gasteiger partial charge in [0, 0.05) is 11.8 Å². The maximum Gasteiger partial charge on any atom is 0.433 e. The molecule has 8 heteroatoms. The Morgan fingerprint density at radius 2 is 2.00 bits per heavy atom. The maximum absolute atomic E-state index is 12.5. The van der Waals surface area contributed by atoms with Crippen LogP contribution in [0.2, 0.25) is 0 Å². The molecule has 0 radical (unpaired) electrons. The summed E-state index contributed by atoms with van der Waals surface area (Å²) in [6.45, 7) is 1.48. The molecule has 0 spiro atoms. The molecule has 0 amide bonds. The number of rotatable bonds is 3. The Bertz CT molecular complexity index is 687. The van der Waals surface area contributed by atoms with Crippen molar-refractivity contribution in [2.45, 2.75) is 13.1 Å². The second-order valence-electron chi connectivity index (χ2n) is 4.06. The third kappa shape index (κ3) is 3.28. The molecule has 1 heterocycles. The molecule has 5 nitrogen and oxygen atoms in total. The second-order valence-corrected chi connectivity index (χ2v) is 4.06. The molecule has 0 aliphatic heterocycles. The van der Waals surface area contributed by atoms with E-state index in [4.69, 9.17) is 9.84 Å². The van der Waals surface area contributed by atoms with E-state index in [1.165, 1.54) is 25.1 Å². The summed E-state index contributed by atoms with van der Waals surface area (Å²) in [6, 6.07) is 4.41. The minimum Gasteiger partial charge on any atom is -0.478 e. The Morgan fingerprint density at radius 1 is 1.29 bits per heavy atom. The van der Waals surface area contributed by atoms with E-state index in [9.17, 15) is 18.0 Å². The van der Waals surface area contributed by atoms with Crippen molar-refractivity contribution in [3.63, 3.8) is 0 Å². The highest BCUT2D eigenvalue weighted by Crippen LogP contribution is 2.30. The summed E-state index contributed by atoms with van der Waals surface area (Å²) >= 11 is 0.